The van der Waals surface area contributed by atoms with Crippen LogP contribution < -0.4 is 0 Å². The van der Waals surface area contributed by atoms with Gasteiger partial charge >= 0.3 is 5.97 Å². The molecular weight excluding hydrogens is 448 g/mol. The highest BCUT2D eigenvalue weighted by molar-refractivity contribution is 7.19. The van der Waals surface area contributed by atoms with E-state index in [4.69, 9.17) is 4.74 Å². The number of fused-ring (bicyclic) bond motifs is 3. The van der Waals surface area contributed by atoms with Crippen molar-refractivity contribution in [3.8, 4) is 20.9 Å². The van der Waals surface area contributed by atoms with Gasteiger partial charge in [0.1, 0.15) is 0 Å². The van der Waals surface area contributed by atoms with Crippen molar-refractivity contribution in [3.05, 3.63) is 143 Å². The van der Waals surface area contributed by atoms with E-state index in [9.17, 15) is 4.79 Å². The molecule has 0 spiro atoms. The van der Waals surface area contributed by atoms with E-state index in [1.165, 1.54) is 32.7 Å². The van der Waals surface area contributed by atoms with Crippen molar-refractivity contribution in [3.63, 3.8) is 0 Å². The molecule has 1 aliphatic carbocycles. The Labute approximate surface area is 209 Å². The highest BCUT2D eigenvalue weighted by atomic mass is 32.1. The fourth-order valence-electron chi connectivity index (χ4n) is 5.41. The lowest BCUT2D eigenvalue weighted by Gasteiger charge is -2.33. The van der Waals surface area contributed by atoms with Crippen LogP contribution in [0.5, 0.6) is 0 Å². The molecule has 6 rings (SSSR count). The maximum absolute atomic E-state index is 12.8. The second-order valence-electron chi connectivity index (χ2n) is 8.65. The summed E-state index contributed by atoms with van der Waals surface area (Å²) in [7, 11) is 0. The first-order valence-corrected chi connectivity index (χ1v) is 12.7. The zero-order chi connectivity index (χ0) is 23.8. The van der Waals surface area contributed by atoms with Gasteiger partial charge in [0, 0.05) is 15.3 Å². The highest BCUT2D eigenvalue weighted by Crippen LogP contribution is 2.59. The Morgan fingerprint density at radius 1 is 0.714 bits per heavy atom. The monoisotopic (exact) mass is 472 g/mol. The molecule has 0 aliphatic heterocycles. The molecule has 0 fully saturated rings. The molecule has 170 valence electrons. The number of rotatable bonds is 5. The quantitative estimate of drug-likeness (QED) is 0.238. The predicted molar refractivity (Wildman–Crippen MR) is 143 cm³/mol. The molecule has 1 aliphatic rings. The number of carbonyl (C=O) groups excluding carboxylic acids is 1. The molecule has 4 aromatic carbocycles. The van der Waals surface area contributed by atoms with Crippen LogP contribution in [0.1, 0.15) is 39.5 Å². The van der Waals surface area contributed by atoms with E-state index in [2.05, 4.69) is 91.0 Å². The van der Waals surface area contributed by atoms with E-state index in [-0.39, 0.29) is 5.97 Å². The SMILES string of the molecule is CCOC(=O)c1ccccc1-c1cc2c(s1)-c1ccccc1C2(c1ccccc1)c1ccccc1. The number of benzene rings is 4. The zero-order valence-electron chi connectivity index (χ0n) is 19.4. The van der Waals surface area contributed by atoms with Gasteiger partial charge in [-0.1, -0.05) is 103 Å². The van der Waals surface area contributed by atoms with E-state index in [1.807, 2.05) is 31.2 Å². The molecular formula is C32H24O2S. The van der Waals surface area contributed by atoms with Gasteiger partial charge in [0.15, 0.2) is 0 Å². The number of ether oxygens (including phenoxy) is 1. The Morgan fingerprint density at radius 2 is 1.29 bits per heavy atom. The van der Waals surface area contributed by atoms with Gasteiger partial charge in [0.25, 0.3) is 0 Å². The standard InChI is InChI=1S/C32H24O2S/c1-2-34-31(33)25-18-10-9-17-24(25)29-21-28-30(35-29)26-19-11-12-20-27(26)32(28,22-13-5-3-6-14-22)23-15-7-4-8-16-23/h3-21H,2H2,1H3. The molecule has 1 aromatic heterocycles. The van der Waals surface area contributed by atoms with E-state index < -0.39 is 5.41 Å². The van der Waals surface area contributed by atoms with Crippen LogP contribution in [0.4, 0.5) is 0 Å². The van der Waals surface area contributed by atoms with Gasteiger partial charge in [0.05, 0.1) is 17.6 Å². The van der Waals surface area contributed by atoms with Gasteiger partial charge in [-0.25, -0.2) is 4.79 Å². The Morgan fingerprint density at radius 3 is 1.94 bits per heavy atom. The molecule has 35 heavy (non-hydrogen) atoms. The predicted octanol–water partition coefficient (Wildman–Crippen LogP) is 7.95. The van der Waals surface area contributed by atoms with Crippen LogP contribution >= 0.6 is 11.3 Å². The van der Waals surface area contributed by atoms with Crippen molar-refractivity contribution in [1.82, 2.24) is 0 Å². The van der Waals surface area contributed by atoms with E-state index in [0.717, 1.165) is 10.4 Å². The first-order chi connectivity index (χ1) is 17.2. The molecule has 0 saturated heterocycles. The summed E-state index contributed by atoms with van der Waals surface area (Å²) in [5.74, 6) is -0.283. The van der Waals surface area contributed by atoms with Crippen molar-refractivity contribution in [2.75, 3.05) is 6.61 Å². The summed E-state index contributed by atoms with van der Waals surface area (Å²) >= 11 is 1.75. The largest absolute Gasteiger partial charge is 0.462 e. The lowest BCUT2D eigenvalue weighted by Crippen LogP contribution is -2.28. The van der Waals surface area contributed by atoms with Crippen LogP contribution in [0, 0.1) is 0 Å². The van der Waals surface area contributed by atoms with Gasteiger partial charge < -0.3 is 4.74 Å². The lowest BCUT2D eigenvalue weighted by atomic mass is 9.68. The molecule has 0 amide bonds. The summed E-state index contributed by atoms with van der Waals surface area (Å²) in [4.78, 5) is 15.1. The molecule has 0 atom stereocenters. The molecule has 0 radical (unpaired) electrons. The molecule has 5 aromatic rings. The van der Waals surface area contributed by atoms with Crippen molar-refractivity contribution >= 4 is 17.3 Å². The lowest BCUT2D eigenvalue weighted by molar-refractivity contribution is 0.0527. The van der Waals surface area contributed by atoms with Crippen LogP contribution in [-0.2, 0) is 10.2 Å². The number of thiophene rings is 1. The first kappa shape index (κ1) is 21.6. The highest BCUT2D eigenvalue weighted by Gasteiger charge is 2.47. The van der Waals surface area contributed by atoms with Gasteiger partial charge in [0.2, 0.25) is 0 Å². The average Bonchev–Trinajstić information content (AvgIpc) is 3.47. The molecule has 0 bridgehead atoms. The third-order valence-electron chi connectivity index (χ3n) is 6.81. The number of hydrogen-bond donors (Lipinski definition) is 0. The van der Waals surface area contributed by atoms with Crippen molar-refractivity contribution in [2.24, 2.45) is 0 Å². The third-order valence-corrected chi connectivity index (χ3v) is 8.01. The summed E-state index contributed by atoms with van der Waals surface area (Å²) in [5.41, 5.74) is 7.37. The minimum Gasteiger partial charge on any atom is -0.462 e. The summed E-state index contributed by atoms with van der Waals surface area (Å²) < 4.78 is 5.37. The van der Waals surface area contributed by atoms with Crippen LogP contribution in [-0.4, -0.2) is 12.6 Å². The fourth-order valence-corrected chi connectivity index (χ4v) is 6.70. The van der Waals surface area contributed by atoms with Gasteiger partial charge in [-0.2, -0.15) is 0 Å². The third kappa shape index (κ3) is 3.27. The van der Waals surface area contributed by atoms with Gasteiger partial charge in [-0.3, -0.25) is 0 Å². The Balaban J connectivity index is 1.66. The second kappa shape index (κ2) is 8.68. The Hall–Kier alpha value is -3.95. The van der Waals surface area contributed by atoms with Crippen LogP contribution in [0.15, 0.2) is 115 Å². The van der Waals surface area contributed by atoms with Crippen molar-refractivity contribution < 1.29 is 9.53 Å². The second-order valence-corrected chi connectivity index (χ2v) is 9.70. The Kier molecular flexibility index (Phi) is 5.35. The molecule has 0 N–H and O–H groups in total. The number of carbonyl (C=O) groups is 1. The maximum Gasteiger partial charge on any atom is 0.338 e. The average molecular weight is 473 g/mol. The maximum atomic E-state index is 12.8. The normalized spacial score (nSPS) is 13.2. The molecule has 3 heteroatoms. The van der Waals surface area contributed by atoms with Crippen molar-refractivity contribution in [2.45, 2.75) is 12.3 Å². The first-order valence-electron chi connectivity index (χ1n) is 11.9. The van der Waals surface area contributed by atoms with E-state index in [1.54, 1.807) is 11.3 Å². The summed E-state index contributed by atoms with van der Waals surface area (Å²) in [6.07, 6.45) is 0. The van der Waals surface area contributed by atoms with E-state index in [0.29, 0.717) is 12.2 Å². The molecule has 0 saturated carbocycles. The van der Waals surface area contributed by atoms with E-state index >= 15 is 0 Å². The van der Waals surface area contributed by atoms with Crippen molar-refractivity contribution in [1.29, 1.82) is 0 Å². The van der Waals surface area contributed by atoms with Crippen LogP contribution in [0.3, 0.4) is 0 Å². The number of esters is 1. The fraction of sp³-hybridized carbons (Fsp3) is 0.0938. The Bertz CT molecular complexity index is 1480. The summed E-state index contributed by atoms with van der Waals surface area (Å²) in [5, 5.41) is 0. The summed E-state index contributed by atoms with van der Waals surface area (Å²) in [6.45, 7) is 2.19. The molecule has 0 unspecified atom stereocenters. The van der Waals surface area contributed by atoms with Gasteiger partial charge in [-0.05, 0) is 46.9 Å². The van der Waals surface area contributed by atoms with Gasteiger partial charge in [-0.15, -0.1) is 11.3 Å². The summed E-state index contributed by atoms with van der Waals surface area (Å²) in [6, 6.07) is 40.3. The topological polar surface area (TPSA) is 26.3 Å². The van der Waals surface area contributed by atoms with Crippen LogP contribution in [0.25, 0.3) is 20.9 Å². The minimum absolute atomic E-state index is 0.283. The minimum atomic E-state index is -0.429. The van der Waals surface area contributed by atoms with Crippen LogP contribution in [0.2, 0.25) is 0 Å². The number of hydrogen-bond acceptors (Lipinski definition) is 3. The molecule has 2 nitrogen and oxygen atoms in total. The zero-order valence-corrected chi connectivity index (χ0v) is 20.2. The molecule has 1 heterocycles. The smallest absolute Gasteiger partial charge is 0.338 e.